The highest BCUT2D eigenvalue weighted by molar-refractivity contribution is 5.80. The van der Waals surface area contributed by atoms with E-state index in [4.69, 9.17) is 4.98 Å². The van der Waals surface area contributed by atoms with E-state index >= 15 is 0 Å². The molecule has 3 aromatic heterocycles. The van der Waals surface area contributed by atoms with Crippen LogP contribution in [0.4, 0.5) is 0 Å². The SMILES string of the molecule is CCCCc1nc2ccn(CC(=O)N3CCCCC3)c(=O)c2n1Cc1ccc(-c2ccccc2-c2nn[nH]n2)cc1. The van der Waals surface area contributed by atoms with Gasteiger partial charge in [0.2, 0.25) is 11.7 Å². The van der Waals surface area contributed by atoms with Gasteiger partial charge in [0.15, 0.2) is 0 Å². The fourth-order valence-corrected chi connectivity index (χ4v) is 5.61. The van der Waals surface area contributed by atoms with Gasteiger partial charge in [-0.3, -0.25) is 9.59 Å². The van der Waals surface area contributed by atoms with E-state index in [9.17, 15) is 9.59 Å². The largest absolute Gasteiger partial charge is 0.341 e. The highest BCUT2D eigenvalue weighted by atomic mass is 16.2. The van der Waals surface area contributed by atoms with Crippen LogP contribution in [-0.2, 0) is 24.3 Å². The van der Waals surface area contributed by atoms with Gasteiger partial charge in [-0.25, -0.2) is 4.98 Å². The first-order valence-electron chi connectivity index (χ1n) is 14.4. The van der Waals surface area contributed by atoms with Crippen LogP contribution in [-0.4, -0.2) is 58.6 Å². The first-order valence-corrected chi connectivity index (χ1v) is 14.4. The molecule has 10 nitrogen and oxygen atoms in total. The third-order valence-electron chi connectivity index (χ3n) is 7.84. The van der Waals surface area contributed by atoms with Gasteiger partial charge in [0, 0.05) is 37.8 Å². The van der Waals surface area contributed by atoms with E-state index in [1.165, 1.54) is 0 Å². The van der Waals surface area contributed by atoms with Gasteiger partial charge in [0.1, 0.15) is 17.9 Å². The number of pyridine rings is 1. The summed E-state index contributed by atoms with van der Waals surface area (Å²) in [6.45, 7) is 4.26. The molecular weight excluding hydrogens is 516 g/mol. The maximum atomic E-state index is 13.7. The summed E-state index contributed by atoms with van der Waals surface area (Å²) in [6, 6.07) is 18.2. The molecule has 1 amide bonds. The van der Waals surface area contributed by atoms with Crippen molar-refractivity contribution in [2.75, 3.05) is 13.1 Å². The summed E-state index contributed by atoms with van der Waals surface area (Å²) in [4.78, 5) is 33.4. The maximum Gasteiger partial charge on any atom is 0.277 e. The van der Waals surface area contributed by atoms with Crippen molar-refractivity contribution < 1.29 is 4.79 Å². The predicted octanol–water partition coefficient (Wildman–Crippen LogP) is 4.45. The predicted molar refractivity (Wildman–Crippen MR) is 157 cm³/mol. The van der Waals surface area contributed by atoms with Gasteiger partial charge < -0.3 is 14.0 Å². The number of aromatic nitrogens is 7. The Bertz CT molecular complexity index is 1700. The Labute approximate surface area is 238 Å². The number of tetrazole rings is 1. The lowest BCUT2D eigenvalue weighted by molar-refractivity contribution is -0.132. The maximum absolute atomic E-state index is 13.7. The summed E-state index contributed by atoms with van der Waals surface area (Å²) in [7, 11) is 0. The molecule has 1 saturated heterocycles. The van der Waals surface area contributed by atoms with Crippen molar-refractivity contribution in [2.45, 2.75) is 58.5 Å². The zero-order valence-corrected chi connectivity index (χ0v) is 23.3. The van der Waals surface area contributed by atoms with Gasteiger partial charge in [-0.1, -0.05) is 61.9 Å². The second kappa shape index (κ2) is 11.9. The number of H-pyrrole nitrogens is 1. The molecule has 6 rings (SSSR count). The van der Waals surface area contributed by atoms with Crippen LogP contribution >= 0.6 is 0 Å². The van der Waals surface area contributed by atoms with Crippen LogP contribution in [0, 0.1) is 0 Å². The molecule has 1 N–H and O–H groups in total. The average molecular weight is 551 g/mol. The summed E-state index contributed by atoms with van der Waals surface area (Å²) in [5.74, 6) is 1.44. The Morgan fingerprint density at radius 2 is 1.76 bits per heavy atom. The van der Waals surface area contributed by atoms with Gasteiger partial charge in [0.25, 0.3) is 5.56 Å². The smallest absolute Gasteiger partial charge is 0.277 e. The average Bonchev–Trinajstić information content (AvgIpc) is 3.67. The van der Waals surface area contributed by atoms with E-state index in [0.29, 0.717) is 23.4 Å². The van der Waals surface area contributed by atoms with Crippen molar-refractivity contribution in [3.05, 3.63) is 82.5 Å². The third kappa shape index (κ3) is 5.54. The Kier molecular flexibility index (Phi) is 7.71. The molecule has 0 unspecified atom stereocenters. The zero-order valence-electron chi connectivity index (χ0n) is 23.3. The first-order chi connectivity index (χ1) is 20.1. The number of imidazole rings is 1. The lowest BCUT2D eigenvalue weighted by Crippen LogP contribution is -2.39. The number of hydrogen-bond donors (Lipinski definition) is 1. The molecule has 10 heteroatoms. The van der Waals surface area contributed by atoms with E-state index in [-0.39, 0.29) is 18.0 Å². The Hall–Kier alpha value is -4.60. The highest BCUT2D eigenvalue weighted by Crippen LogP contribution is 2.30. The highest BCUT2D eigenvalue weighted by Gasteiger charge is 2.20. The van der Waals surface area contributed by atoms with Gasteiger partial charge in [-0.15, -0.1) is 10.2 Å². The van der Waals surface area contributed by atoms with E-state index in [1.807, 2.05) is 39.8 Å². The number of amides is 1. The molecule has 0 saturated carbocycles. The lowest BCUT2D eigenvalue weighted by Gasteiger charge is -2.26. The minimum atomic E-state index is -0.172. The molecule has 1 aliphatic rings. The summed E-state index contributed by atoms with van der Waals surface area (Å²) < 4.78 is 3.58. The van der Waals surface area contributed by atoms with Crippen molar-refractivity contribution in [3.63, 3.8) is 0 Å². The molecule has 1 fully saturated rings. The van der Waals surface area contributed by atoms with Gasteiger partial charge in [0.05, 0.1) is 5.52 Å². The number of nitrogens with zero attached hydrogens (tertiary/aromatic N) is 7. The van der Waals surface area contributed by atoms with E-state index in [1.54, 1.807) is 10.8 Å². The molecule has 0 atom stereocenters. The second-order valence-electron chi connectivity index (χ2n) is 10.6. The fourth-order valence-electron chi connectivity index (χ4n) is 5.61. The molecule has 0 radical (unpaired) electrons. The van der Waals surface area contributed by atoms with Crippen molar-refractivity contribution in [1.29, 1.82) is 0 Å². The number of hydrogen-bond acceptors (Lipinski definition) is 6. The van der Waals surface area contributed by atoms with Crippen molar-refractivity contribution >= 4 is 16.9 Å². The van der Waals surface area contributed by atoms with Gasteiger partial charge in [-0.2, -0.15) is 5.21 Å². The normalized spacial score (nSPS) is 13.6. The van der Waals surface area contributed by atoms with Crippen LogP contribution in [0.2, 0.25) is 0 Å². The molecule has 5 aromatic rings. The minimum Gasteiger partial charge on any atom is -0.341 e. The zero-order chi connectivity index (χ0) is 28.2. The molecule has 0 bridgehead atoms. The lowest BCUT2D eigenvalue weighted by atomic mass is 9.98. The topological polar surface area (TPSA) is 115 Å². The van der Waals surface area contributed by atoms with Crippen LogP contribution in [0.3, 0.4) is 0 Å². The molecular formula is C31H34N8O2. The van der Waals surface area contributed by atoms with Crippen LogP contribution in [0.25, 0.3) is 33.5 Å². The summed E-state index contributed by atoms with van der Waals surface area (Å²) in [5.41, 5.74) is 5.06. The van der Waals surface area contributed by atoms with E-state index < -0.39 is 0 Å². The number of carbonyl (C=O) groups excluding carboxylic acids is 1. The van der Waals surface area contributed by atoms with Gasteiger partial charge >= 0.3 is 0 Å². The number of carbonyl (C=O) groups is 1. The Morgan fingerprint density at radius 3 is 2.49 bits per heavy atom. The quantitative estimate of drug-likeness (QED) is 0.290. The molecule has 0 spiro atoms. The van der Waals surface area contributed by atoms with Crippen LogP contribution in [0.5, 0.6) is 0 Å². The second-order valence-corrected chi connectivity index (χ2v) is 10.6. The van der Waals surface area contributed by atoms with Crippen LogP contribution in [0.15, 0.2) is 65.6 Å². The number of likely N-dealkylation sites (tertiary alicyclic amines) is 1. The Morgan fingerprint density at radius 1 is 0.976 bits per heavy atom. The fraction of sp³-hybridized carbons (Fsp3) is 0.355. The summed E-state index contributed by atoms with van der Waals surface area (Å²) in [5, 5.41) is 14.5. The van der Waals surface area contributed by atoms with Crippen LogP contribution < -0.4 is 5.56 Å². The molecule has 41 heavy (non-hydrogen) atoms. The third-order valence-corrected chi connectivity index (χ3v) is 7.84. The molecule has 210 valence electrons. The number of unbranched alkanes of at least 4 members (excludes halogenated alkanes) is 1. The van der Waals surface area contributed by atoms with E-state index in [2.05, 4.69) is 51.8 Å². The number of fused-ring (bicyclic) bond motifs is 1. The molecule has 4 heterocycles. The van der Waals surface area contributed by atoms with E-state index in [0.717, 1.165) is 79.7 Å². The van der Waals surface area contributed by atoms with Crippen molar-refractivity contribution in [3.8, 4) is 22.5 Å². The molecule has 1 aliphatic heterocycles. The molecule has 2 aromatic carbocycles. The van der Waals surface area contributed by atoms with Crippen LogP contribution in [0.1, 0.15) is 50.4 Å². The van der Waals surface area contributed by atoms with Crippen molar-refractivity contribution in [1.82, 2.24) is 39.6 Å². The monoisotopic (exact) mass is 550 g/mol. The number of piperidine rings is 1. The number of rotatable bonds is 9. The van der Waals surface area contributed by atoms with Crippen molar-refractivity contribution in [2.24, 2.45) is 0 Å². The number of nitrogens with one attached hydrogen (secondary N) is 1. The first kappa shape index (κ1) is 26.6. The summed E-state index contributed by atoms with van der Waals surface area (Å²) >= 11 is 0. The molecule has 0 aliphatic carbocycles. The Balaban J connectivity index is 1.32. The number of aromatic amines is 1. The summed E-state index contributed by atoms with van der Waals surface area (Å²) in [6.07, 6.45) is 7.71. The van der Waals surface area contributed by atoms with Gasteiger partial charge in [-0.05, 0) is 53.7 Å². The minimum absolute atomic E-state index is 0.000104. The number of aryl methyl sites for hydroxylation is 1. The number of benzene rings is 2. The standard InChI is InChI=1S/C31H34N8O2/c1-2-3-11-27-32-26-16-19-38(21-28(40)37-17-7-4-8-18-37)31(41)29(26)39(27)20-22-12-14-23(15-13-22)24-9-5-6-10-25(24)30-33-35-36-34-30/h5-6,9-10,12-16,19H,2-4,7-8,11,17-18,20-21H2,1H3,(H,33,34,35,36).